The van der Waals surface area contributed by atoms with Crippen molar-refractivity contribution >= 4 is 11.6 Å². The van der Waals surface area contributed by atoms with Gasteiger partial charge in [-0.2, -0.15) is 0 Å². The first-order valence-electron chi connectivity index (χ1n) is 6.06. The maximum Gasteiger partial charge on any atom is 0.228 e. The Hall–Kier alpha value is -1.35. The zero-order chi connectivity index (χ0) is 12.6. The van der Waals surface area contributed by atoms with Crippen LogP contribution in [0, 0.1) is 11.3 Å². The molecule has 2 rings (SSSR count). The zero-order valence-electron chi connectivity index (χ0n) is 10.7. The summed E-state index contributed by atoms with van der Waals surface area (Å²) in [7, 11) is 0. The molecule has 1 amide bonds. The van der Waals surface area contributed by atoms with Crippen LogP contribution in [0.4, 0.5) is 5.69 Å². The van der Waals surface area contributed by atoms with Crippen molar-refractivity contribution in [1.82, 2.24) is 0 Å². The van der Waals surface area contributed by atoms with Crippen LogP contribution >= 0.6 is 0 Å². The molecule has 0 saturated heterocycles. The Morgan fingerprint density at radius 1 is 1.53 bits per heavy atom. The molecular formula is C14H20N2O. The van der Waals surface area contributed by atoms with Crippen molar-refractivity contribution in [3.8, 4) is 0 Å². The van der Waals surface area contributed by atoms with Gasteiger partial charge in [0.25, 0.3) is 0 Å². The highest BCUT2D eigenvalue weighted by Crippen LogP contribution is 2.51. The normalized spacial score (nSPS) is 22.9. The average Bonchev–Trinajstić information content (AvgIpc) is 2.88. The maximum atomic E-state index is 11.9. The summed E-state index contributed by atoms with van der Waals surface area (Å²) in [6.45, 7) is 6.18. The molecule has 0 radical (unpaired) electrons. The topological polar surface area (TPSA) is 55.1 Å². The van der Waals surface area contributed by atoms with Crippen LogP contribution < -0.4 is 11.1 Å². The van der Waals surface area contributed by atoms with Gasteiger partial charge in [0.1, 0.15) is 0 Å². The van der Waals surface area contributed by atoms with Gasteiger partial charge in [-0.1, -0.05) is 26.0 Å². The van der Waals surface area contributed by atoms with Crippen molar-refractivity contribution in [1.29, 1.82) is 0 Å². The zero-order valence-corrected chi connectivity index (χ0v) is 10.7. The van der Waals surface area contributed by atoms with E-state index < -0.39 is 0 Å². The van der Waals surface area contributed by atoms with Crippen LogP contribution in [0.2, 0.25) is 0 Å². The standard InChI is InChI=1S/C14H20N2O/c1-9(15)10-5-4-6-11(7-10)16-13(17)12-8-14(12,2)3/h4-7,9,12H,8,15H2,1-3H3,(H,16,17). The fourth-order valence-electron chi connectivity index (χ4n) is 2.04. The molecule has 92 valence electrons. The van der Waals surface area contributed by atoms with Crippen molar-refractivity contribution < 1.29 is 4.79 Å². The van der Waals surface area contributed by atoms with Crippen molar-refractivity contribution in [2.45, 2.75) is 33.2 Å². The highest BCUT2D eigenvalue weighted by atomic mass is 16.2. The number of benzene rings is 1. The molecule has 0 bridgehead atoms. The van der Waals surface area contributed by atoms with Crippen LogP contribution in [0.3, 0.4) is 0 Å². The quantitative estimate of drug-likeness (QED) is 0.841. The molecule has 1 fully saturated rings. The third kappa shape index (κ3) is 2.67. The van der Waals surface area contributed by atoms with Gasteiger partial charge in [-0.05, 0) is 36.5 Å². The largest absolute Gasteiger partial charge is 0.326 e. The van der Waals surface area contributed by atoms with Crippen molar-refractivity contribution in [2.24, 2.45) is 17.1 Å². The summed E-state index contributed by atoms with van der Waals surface area (Å²) in [5.41, 5.74) is 7.87. The summed E-state index contributed by atoms with van der Waals surface area (Å²) < 4.78 is 0. The lowest BCUT2D eigenvalue weighted by Crippen LogP contribution is -2.17. The first kappa shape index (κ1) is 12.1. The van der Waals surface area contributed by atoms with Gasteiger partial charge in [-0.3, -0.25) is 4.79 Å². The highest BCUT2D eigenvalue weighted by Gasteiger charge is 2.50. The number of rotatable bonds is 3. The van der Waals surface area contributed by atoms with Gasteiger partial charge in [-0.15, -0.1) is 0 Å². The summed E-state index contributed by atoms with van der Waals surface area (Å²) in [6, 6.07) is 7.73. The van der Waals surface area contributed by atoms with E-state index in [1.54, 1.807) is 0 Å². The number of amides is 1. The molecule has 1 aliphatic rings. The van der Waals surface area contributed by atoms with Gasteiger partial charge >= 0.3 is 0 Å². The van der Waals surface area contributed by atoms with E-state index in [4.69, 9.17) is 5.73 Å². The Morgan fingerprint density at radius 3 is 2.71 bits per heavy atom. The van der Waals surface area contributed by atoms with Crippen molar-refractivity contribution in [3.63, 3.8) is 0 Å². The summed E-state index contributed by atoms with van der Waals surface area (Å²) in [4.78, 5) is 11.9. The van der Waals surface area contributed by atoms with Crippen LogP contribution in [0.15, 0.2) is 24.3 Å². The smallest absolute Gasteiger partial charge is 0.228 e. The predicted octanol–water partition coefficient (Wildman–Crippen LogP) is 2.69. The molecule has 1 aromatic rings. The second-order valence-electron chi connectivity index (χ2n) is 5.65. The van der Waals surface area contributed by atoms with E-state index in [2.05, 4.69) is 19.2 Å². The average molecular weight is 232 g/mol. The first-order valence-corrected chi connectivity index (χ1v) is 6.06. The number of carbonyl (C=O) groups excluding carboxylic acids is 1. The van der Waals surface area contributed by atoms with Gasteiger partial charge in [0, 0.05) is 17.6 Å². The van der Waals surface area contributed by atoms with Crippen molar-refractivity contribution in [3.05, 3.63) is 29.8 Å². The molecule has 0 aromatic heterocycles. The molecule has 17 heavy (non-hydrogen) atoms. The lowest BCUT2D eigenvalue weighted by Gasteiger charge is -2.10. The number of hydrogen-bond donors (Lipinski definition) is 2. The fraction of sp³-hybridized carbons (Fsp3) is 0.500. The Balaban J connectivity index is 2.04. The molecule has 0 heterocycles. The number of nitrogens with two attached hydrogens (primary N) is 1. The minimum absolute atomic E-state index is 0.00998. The molecule has 0 spiro atoms. The van der Waals surface area contributed by atoms with E-state index in [0.717, 1.165) is 17.7 Å². The molecular weight excluding hydrogens is 212 g/mol. The van der Waals surface area contributed by atoms with Crippen LogP contribution in [-0.2, 0) is 4.79 Å². The van der Waals surface area contributed by atoms with Gasteiger partial charge in [0.15, 0.2) is 0 Å². The number of nitrogens with one attached hydrogen (secondary N) is 1. The van der Waals surface area contributed by atoms with E-state index in [-0.39, 0.29) is 23.3 Å². The Labute approximate surface area is 102 Å². The summed E-state index contributed by atoms with van der Waals surface area (Å²) >= 11 is 0. The third-order valence-electron chi connectivity index (χ3n) is 3.51. The van der Waals surface area contributed by atoms with E-state index in [9.17, 15) is 4.79 Å². The van der Waals surface area contributed by atoms with Gasteiger partial charge in [0.2, 0.25) is 5.91 Å². The molecule has 0 aliphatic heterocycles. The molecule has 3 heteroatoms. The summed E-state index contributed by atoms with van der Waals surface area (Å²) in [5, 5.41) is 2.96. The minimum Gasteiger partial charge on any atom is -0.326 e. The molecule has 1 aliphatic carbocycles. The minimum atomic E-state index is -0.00998. The summed E-state index contributed by atoms with van der Waals surface area (Å²) in [5.74, 6) is 0.276. The van der Waals surface area contributed by atoms with E-state index >= 15 is 0 Å². The van der Waals surface area contributed by atoms with Crippen molar-refractivity contribution in [2.75, 3.05) is 5.32 Å². The fourth-order valence-corrected chi connectivity index (χ4v) is 2.04. The van der Waals surface area contributed by atoms with E-state index in [0.29, 0.717) is 0 Å². The highest BCUT2D eigenvalue weighted by molar-refractivity contribution is 5.95. The third-order valence-corrected chi connectivity index (χ3v) is 3.51. The Kier molecular flexibility index (Phi) is 2.96. The lowest BCUT2D eigenvalue weighted by molar-refractivity contribution is -0.117. The second-order valence-corrected chi connectivity index (χ2v) is 5.65. The molecule has 3 N–H and O–H groups in total. The monoisotopic (exact) mass is 232 g/mol. The van der Waals surface area contributed by atoms with Crippen LogP contribution in [0.25, 0.3) is 0 Å². The molecule has 1 aromatic carbocycles. The van der Waals surface area contributed by atoms with Crippen LogP contribution in [0.1, 0.15) is 38.8 Å². The maximum absolute atomic E-state index is 11.9. The van der Waals surface area contributed by atoms with E-state index in [1.165, 1.54) is 0 Å². The van der Waals surface area contributed by atoms with Gasteiger partial charge < -0.3 is 11.1 Å². The van der Waals surface area contributed by atoms with Crippen LogP contribution in [0.5, 0.6) is 0 Å². The van der Waals surface area contributed by atoms with Crippen LogP contribution in [-0.4, -0.2) is 5.91 Å². The Morgan fingerprint density at radius 2 is 2.18 bits per heavy atom. The van der Waals surface area contributed by atoms with Gasteiger partial charge in [0.05, 0.1) is 0 Å². The molecule has 3 nitrogen and oxygen atoms in total. The second kappa shape index (κ2) is 4.15. The summed E-state index contributed by atoms with van der Waals surface area (Å²) in [6.07, 6.45) is 0.978. The number of hydrogen-bond acceptors (Lipinski definition) is 2. The molecule has 2 atom stereocenters. The first-order chi connectivity index (χ1) is 7.90. The number of carbonyl (C=O) groups is 1. The number of anilines is 1. The lowest BCUT2D eigenvalue weighted by atomic mass is 10.1. The predicted molar refractivity (Wildman–Crippen MR) is 69.6 cm³/mol. The SMILES string of the molecule is CC(N)c1cccc(NC(=O)C2CC2(C)C)c1. The van der Waals surface area contributed by atoms with E-state index in [1.807, 2.05) is 31.2 Å². The molecule has 1 saturated carbocycles. The van der Waals surface area contributed by atoms with Gasteiger partial charge in [-0.25, -0.2) is 0 Å². The Bertz CT molecular complexity index is 438. The molecule has 2 unspecified atom stereocenters.